The van der Waals surface area contributed by atoms with Gasteiger partial charge in [0.05, 0.1) is 22.0 Å². The SMILES string of the molecule is CCc1nn(C)c(CC(C)(O)CCNC(C)C)c1Cl. The second-order valence-electron chi connectivity index (χ2n) is 5.72. The molecular weight excluding hydrogens is 262 g/mol. The molecule has 0 aliphatic rings. The third kappa shape index (κ3) is 4.79. The van der Waals surface area contributed by atoms with Gasteiger partial charge in [-0.2, -0.15) is 5.10 Å². The van der Waals surface area contributed by atoms with Gasteiger partial charge in [-0.05, 0) is 26.3 Å². The number of nitrogens with zero attached hydrogens (tertiary/aromatic N) is 2. The summed E-state index contributed by atoms with van der Waals surface area (Å²) in [5.41, 5.74) is 1.04. The Hall–Kier alpha value is -0.580. The lowest BCUT2D eigenvalue weighted by molar-refractivity contribution is 0.0492. The summed E-state index contributed by atoms with van der Waals surface area (Å²) in [6, 6.07) is 0.433. The van der Waals surface area contributed by atoms with Crippen LogP contribution in [0.1, 0.15) is 45.5 Å². The van der Waals surface area contributed by atoms with Gasteiger partial charge in [-0.3, -0.25) is 4.68 Å². The third-order valence-corrected chi connectivity index (χ3v) is 3.70. The lowest BCUT2D eigenvalue weighted by Gasteiger charge is -2.24. The van der Waals surface area contributed by atoms with E-state index in [4.69, 9.17) is 11.6 Å². The Morgan fingerprint density at radius 2 is 2.11 bits per heavy atom. The van der Waals surface area contributed by atoms with Crippen LogP contribution in [0.4, 0.5) is 0 Å². The summed E-state index contributed by atoms with van der Waals surface area (Å²) in [6.45, 7) is 8.87. The Morgan fingerprint density at radius 3 is 2.58 bits per heavy atom. The van der Waals surface area contributed by atoms with E-state index in [-0.39, 0.29) is 0 Å². The number of aliphatic hydroxyl groups is 1. The van der Waals surface area contributed by atoms with Crippen molar-refractivity contribution in [1.29, 1.82) is 0 Å². The Labute approximate surface area is 121 Å². The van der Waals surface area contributed by atoms with Crippen molar-refractivity contribution in [2.45, 2.75) is 58.6 Å². The molecule has 1 unspecified atom stereocenters. The van der Waals surface area contributed by atoms with E-state index in [9.17, 15) is 5.11 Å². The first-order chi connectivity index (χ1) is 8.76. The Kier molecular flexibility index (Phi) is 5.83. The van der Waals surface area contributed by atoms with Crippen LogP contribution in [0.2, 0.25) is 5.02 Å². The minimum atomic E-state index is -0.773. The van der Waals surface area contributed by atoms with Crippen molar-refractivity contribution in [2.75, 3.05) is 6.54 Å². The normalized spacial score (nSPS) is 14.9. The molecule has 0 aliphatic heterocycles. The lowest BCUT2D eigenvalue weighted by atomic mass is 9.95. The summed E-state index contributed by atoms with van der Waals surface area (Å²) >= 11 is 6.31. The van der Waals surface area contributed by atoms with Crippen LogP contribution < -0.4 is 5.32 Å². The zero-order valence-electron chi connectivity index (χ0n) is 12.6. The maximum Gasteiger partial charge on any atom is 0.0850 e. The Balaban J connectivity index is 2.69. The number of halogens is 1. The zero-order chi connectivity index (χ0) is 14.6. The van der Waals surface area contributed by atoms with Crippen molar-refractivity contribution in [3.8, 4) is 0 Å². The average molecular weight is 288 g/mol. The number of aromatic nitrogens is 2. The van der Waals surface area contributed by atoms with E-state index < -0.39 is 5.60 Å². The summed E-state index contributed by atoms with van der Waals surface area (Å²) < 4.78 is 1.78. The molecule has 0 spiro atoms. The molecule has 1 atom stereocenters. The first-order valence-corrected chi connectivity index (χ1v) is 7.30. The topological polar surface area (TPSA) is 50.1 Å². The standard InChI is InChI=1S/C14H26ClN3O/c1-6-11-13(15)12(18(5)17-11)9-14(4,19)7-8-16-10(2)3/h10,16,19H,6-9H2,1-5H3. The van der Waals surface area contributed by atoms with E-state index in [2.05, 4.69) is 24.3 Å². The minimum Gasteiger partial charge on any atom is -0.390 e. The highest BCUT2D eigenvalue weighted by Gasteiger charge is 2.25. The fourth-order valence-electron chi connectivity index (χ4n) is 2.09. The molecule has 110 valence electrons. The second-order valence-corrected chi connectivity index (χ2v) is 6.10. The van der Waals surface area contributed by atoms with Crippen LogP contribution in [0.5, 0.6) is 0 Å². The van der Waals surface area contributed by atoms with Crippen molar-refractivity contribution < 1.29 is 5.11 Å². The van der Waals surface area contributed by atoms with Crippen molar-refractivity contribution in [2.24, 2.45) is 7.05 Å². The molecule has 0 saturated heterocycles. The van der Waals surface area contributed by atoms with E-state index in [0.29, 0.717) is 23.9 Å². The average Bonchev–Trinajstić information content (AvgIpc) is 2.55. The predicted octanol–water partition coefficient (Wildman–Crippen LogP) is 2.32. The highest BCUT2D eigenvalue weighted by Crippen LogP contribution is 2.26. The molecule has 4 nitrogen and oxygen atoms in total. The van der Waals surface area contributed by atoms with E-state index >= 15 is 0 Å². The van der Waals surface area contributed by atoms with Crippen LogP contribution in [-0.2, 0) is 19.9 Å². The van der Waals surface area contributed by atoms with Gasteiger partial charge < -0.3 is 10.4 Å². The molecule has 0 aromatic carbocycles. The summed E-state index contributed by atoms with van der Waals surface area (Å²) in [5.74, 6) is 0. The zero-order valence-corrected chi connectivity index (χ0v) is 13.4. The molecule has 2 N–H and O–H groups in total. The van der Waals surface area contributed by atoms with Gasteiger partial charge in [-0.25, -0.2) is 0 Å². The van der Waals surface area contributed by atoms with Gasteiger partial charge in [0.15, 0.2) is 0 Å². The molecule has 0 radical (unpaired) electrons. The van der Waals surface area contributed by atoms with E-state index in [1.165, 1.54) is 0 Å². The van der Waals surface area contributed by atoms with Gasteiger partial charge >= 0.3 is 0 Å². The summed E-state index contributed by atoms with van der Waals surface area (Å²) in [6.07, 6.45) is 2.02. The lowest BCUT2D eigenvalue weighted by Crippen LogP contribution is -2.35. The molecule has 5 heteroatoms. The highest BCUT2D eigenvalue weighted by atomic mass is 35.5. The maximum absolute atomic E-state index is 10.5. The van der Waals surface area contributed by atoms with Crippen molar-refractivity contribution in [3.05, 3.63) is 16.4 Å². The summed E-state index contributed by atoms with van der Waals surface area (Å²) in [5, 5.41) is 18.9. The Bertz CT molecular complexity index is 413. The molecule has 1 aromatic heterocycles. The van der Waals surface area contributed by atoms with Crippen LogP contribution >= 0.6 is 11.6 Å². The van der Waals surface area contributed by atoms with Gasteiger partial charge in [-0.1, -0.05) is 32.4 Å². The molecule has 1 rings (SSSR count). The molecule has 0 saturated carbocycles. The highest BCUT2D eigenvalue weighted by molar-refractivity contribution is 6.31. The predicted molar refractivity (Wildman–Crippen MR) is 79.7 cm³/mol. The third-order valence-electron chi connectivity index (χ3n) is 3.27. The van der Waals surface area contributed by atoms with E-state index in [0.717, 1.165) is 24.4 Å². The van der Waals surface area contributed by atoms with Crippen LogP contribution in [0.15, 0.2) is 0 Å². The number of nitrogens with one attached hydrogen (secondary N) is 1. The molecule has 0 amide bonds. The number of aryl methyl sites for hydroxylation is 2. The quantitative estimate of drug-likeness (QED) is 0.809. The van der Waals surface area contributed by atoms with Crippen molar-refractivity contribution >= 4 is 11.6 Å². The van der Waals surface area contributed by atoms with Gasteiger partial charge in [-0.15, -0.1) is 0 Å². The van der Waals surface area contributed by atoms with Crippen LogP contribution in [0, 0.1) is 0 Å². The monoisotopic (exact) mass is 287 g/mol. The molecule has 0 fully saturated rings. The van der Waals surface area contributed by atoms with Gasteiger partial charge in [0.25, 0.3) is 0 Å². The van der Waals surface area contributed by atoms with Crippen LogP contribution in [0.25, 0.3) is 0 Å². The van der Waals surface area contributed by atoms with Gasteiger partial charge in [0.2, 0.25) is 0 Å². The van der Waals surface area contributed by atoms with Crippen molar-refractivity contribution in [3.63, 3.8) is 0 Å². The van der Waals surface area contributed by atoms with Crippen molar-refractivity contribution in [1.82, 2.24) is 15.1 Å². The fraction of sp³-hybridized carbons (Fsp3) is 0.786. The van der Waals surface area contributed by atoms with Gasteiger partial charge in [0.1, 0.15) is 0 Å². The summed E-state index contributed by atoms with van der Waals surface area (Å²) in [4.78, 5) is 0. The smallest absolute Gasteiger partial charge is 0.0850 e. The van der Waals surface area contributed by atoms with Gasteiger partial charge in [0, 0.05) is 19.5 Å². The molecule has 1 aromatic rings. The number of rotatable bonds is 7. The number of hydrogen-bond donors (Lipinski definition) is 2. The summed E-state index contributed by atoms with van der Waals surface area (Å²) in [7, 11) is 1.88. The maximum atomic E-state index is 10.5. The molecule has 0 bridgehead atoms. The number of hydrogen-bond acceptors (Lipinski definition) is 3. The largest absolute Gasteiger partial charge is 0.390 e. The minimum absolute atomic E-state index is 0.433. The molecule has 1 heterocycles. The first kappa shape index (κ1) is 16.5. The first-order valence-electron chi connectivity index (χ1n) is 6.93. The fourth-order valence-corrected chi connectivity index (χ4v) is 2.45. The second kappa shape index (κ2) is 6.73. The van der Waals surface area contributed by atoms with Crippen LogP contribution in [0.3, 0.4) is 0 Å². The Morgan fingerprint density at radius 1 is 1.47 bits per heavy atom. The van der Waals surface area contributed by atoms with E-state index in [1.807, 2.05) is 20.9 Å². The molecular formula is C14H26ClN3O. The van der Waals surface area contributed by atoms with Crippen LogP contribution in [-0.4, -0.2) is 33.1 Å². The van der Waals surface area contributed by atoms with E-state index in [1.54, 1.807) is 4.68 Å². The molecule has 19 heavy (non-hydrogen) atoms. The molecule has 0 aliphatic carbocycles.